The molecule has 0 N–H and O–H groups in total. The number of carbonyl (C=O) groups is 1. The highest BCUT2D eigenvalue weighted by Gasteiger charge is 2.34. The van der Waals surface area contributed by atoms with Crippen LogP contribution < -0.4 is 4.74 Å². The minimum absolute atomic E-state index is 0.00531. The Balaban J connectivity index is 1.92. The van der Waals surface area contributed by atoms with E-state index in [1.54, 1.807) is 11.0 Å². The fourth-order valence-electron chi connectivity index (χ4n) is 2.86. The number of thioether (sulfide) groups is 1. The predicted molar refractivity (Wildman–Crippen MR) is 104 cm³/mol. The molecule has 142 valence electrons. The number of amidine groups is 1. The summed E-state index contributed by atoms with van der Waals surface area (Å²) in [6, 6.07) is 13.6. The van der Waals surface area contributed by atoms with Gasteiger partial charge in [0.05, 0.1) is 5.69 Å². The summed E-state index contributed by atoms with van der Waals surface area (Å²) >= 11 is 1.53. The second-order valence-electron chi connectivity index (χ2n) is 6.19. The van der Waals surface area contributed by atoms with Crippen LogP contribution in [0.5, 0.6) is 5.75 Å². The largest absolute Gasteiger partial charge is 0.435 e. The molecule has 0 bridgehead atoms. The molecule has 1 aliphatic rings. The Morgan fingerprint density at radius 2 is 2.07 bits per heavy atom. The highest BCUT2D eigenvalue weighted by molar-refractivity contribution is 8.14. The zero-order valence-electron chi connectivity index (χ0n) is 15.1. The van der Waals surface area contributed by atoms with Crippen molar-refractivity contribution in [3.63, 3.8) is 0 Å². The van der Waals surface area contributed by atoms with E-state index in [4.69, 9.17) is 0 Å². The predicted octanol–water partition coefficient (Wildman–Crippen LogP) is 5.25. The number of rotatable bonds is 5. The summed E-state index contributed by atoms with van der Waals surface area (Å²) < 4.78 is 29.4. The van der Waals surface area contributed by atoms with Crippen molar-refractivity contribution in [3.8, 4) is 5.75 Å². The fraction of sp³-hybridized carbons (Fsp3) is 0.300. The lowest BCUT2D eigenvalue weighted by atomic mass is 10.1. The molecule has 0 saturated carbocycles. The third-order valence-corrected chi connectivity index (χ3v) is 5.30. The maximum Gasteiger partial charge on any atom is 0.387 e. The van der Waals surface area contributed by atoms with Crippen LogP contribution in [-0.4, -0.2) is 34.4 Å². The van der Waals surface area contributed by atoms with Crippen LogP contribution >= 0.6 is 11.8 Å². The molecule has 3 rings (SSSR count). The molecule has 1 saturated heterocycles. The van der Waals surface area contributed by atoms with Crippen LogP contribution in [0.2, 0.25) is 0 Å². The van der Waals surface area contributed by atoms with Crippen molar-refractivity contribution in [1.29, 1.82) is 0 Å². The van der Waals surface area contributed by atoms with Gasteiger partial charge in [-0.1, -0.05) is 36.9 Å². The van der Waals surface area contributed by atoms with Crippen molar-refractivity contribution in [2.75, 3.05) is 5.75 Å². The molecule has 0 aromatic heterocycles. The summed E-state index contributed by atoms with van der Waals surface area (Å²) in [5.74, 6) is 0.450. The van der Waals surface area contributed by atoms with Gasteiger partial charge in [0.15, 0.2) is 5.17 Å². The van der Waals surface area contributed by atoms with Crippen molar-refractivity contribution in [2.24, 2.45) is 4.99 Å². The fourth-order valence-corrected chi connectivity index (χ4v) is 4.13. The molecule has 2 aromatic carbocycles. The van der Waals surface area contributed by atoms with E-state index >= 15 is 0 Å². The molecule has 0 spiro atoms. The Morgan fingerprint density at radius 1 is 1.30 bits per heavy atom. The molecule has 0 aliphatic carbocycles. The van der Waals surface area contributed by atoms with E-state index in [1.807, 2.05) is 38.1 Å². The Morgan fingerprint density at radius 3 is 2.78 bits per heavy atom. The highest BCUT2D eigenvalue weighted by Crippen LogP contribution is 2.31. The number of amides is 1. The molecule has 1 heterocycles. The second-order valence-corrected chi connectivity index (χ2v) is 7.18. The van der Waals surface area contributed by atoms with Gasteiger partial charge in [-0.2, -0.15) is 8.78 Å². The molecule has 1 fully saturated rings. The normalized spacial score (nSPS) is 18.3. The van der Waals surface area contributed by atoms with Crippen molar-refractivity contribution < 1.29 is 18.3 Å². The number of hydrogen-bond acceptors (Lipinski definition) is 4. The van der Waals surface area contributed by atoms with Crippen LogP contribution in [0.4, 0.5) is 14.5 Å². The third-order valence-electron chi connectivity index (χ3n) is 4.20. The van der Waals surface area contributed by atoms with E-state index in [0.29, 0.717) is 10.7 Å². The molecule has 0 radical (unpaired) electrons. The van der Waals surface area contributed by atoms with Crippen LogP contribution in [-0.2, 0) is 0 Å². The van der Waals surface area contributed by atoms with E-state index < -0.39 is 6.61 Å². The first kappa shape index (κ1) is 19.4. The first-order chi connectivity index (χ1) is 13.0. The lowest BCUT2D eigenvalue weighted by Gasteiger charge is -2.23. The maximum absolute atomic E-state index is 13.1. The smallest absolute Gasteiger partial charge is 0.387 e. The molecule has 2 aromatic rings. The van der Waals surface area contributed by atoms with Gasteiger partial charge in [-0.25, -0.2) is 4.99 Å². The van der Waals surface area contributed by atoms with Gasteiger partial charge in [0.25, 0.3) is 5.91 Å². The first-order valence-corrected chi connectivity index (χ1v) is 9.63. The van der Waals surface area contributed by atoms with Crippen molar-refractivity contribution >= 4 is 28.5 Å². The molecule has 4 nitrogen and oxygen atoms in total. The van der Waals surface area contributed by atoms with Crippen LogP contribution in [0.1, 0.15) is 29.3 Å². The number of aryl methyl sites for hydroxylation is 1. The quantitative estimate of drug-likeness (QED) is 0.700. The Kier molecular flexibility index (Phi) is 6.11. The van der Waals surface area contributed by atoms with Crippen molar-refractivity contribution in [2.45, 2.75) is 32.9 Å². The molecular formula is C20H20F2N2O2S. The monoisotopic (exact) mass is 390 g/mol. The third kappa shape index (κ3) is 4.66. The lowest BCUT2D eigenvalue weighted by Crippen LogP contribution is -2.39. The number of carbonyl (C=O) groups excluding carboxylic acids is 1. The Labute approximate surface area is 161 Å². The Hall–Kier alpha value is -2.41. The van der Waals surface area contributed by atoms with Gasteiger partial charge in [-0.05, 0) is 49.2 Å². The number of nitrogens with zero attached hydrogens (tertiary/aromatic N) is 2. The molecule has 1 aliphatic heterocycles. The molecular weight excluding hydrogens is 370 g/mol. The maximum atomic E-state index is 13.1. The number of benzene rings is 2. The average Bonchev–Trinajstić information content (AvgIpc) is 3.03. The van der Waals surface area contributed by atoms with E-state index in [9.17, 15) is 13.6 Å². The molecule has 27 heavy (non-hydrogen) atoms. The molecule has 1 amide bonds. The molecule has 1 atom stereocenters. The minimum atomic E-state index is -2.93. The number of ether oxygens (including phenoxy) is 1. The van der Waals surface area contributed by atoms with Crippen LogP contribution in [0.3, 0.4) is 0 Å². The topological polar surface area (TPSA) is 41.9 Å². The second kappa shape index (κ2) is 8.52. The standard InChI is InChI=1S/C20H20F2N2O2S/c1-3-16-12-27-20(23-15-8-4-6-13(2)10-15)24(16)18(25)14-7-5-9-17(11-14)26-19(21)22/h4-11,16,19H,3,12H2,1-2H3/t16-/m1/s1. The van der Waals surface area contributed by atoms with E-state index in [1.165, 1.54) is 30.0 Å². The number of hydrogen-bond donors (Lipinski definition) is 0. The SMILES string of the molecule is CC[C@@H]1CSC(=Nc2cccc(C)c2)N1C(=O)c1cccc(OC(F)F)c1. The average molecular weight is 390 g/mol. The van der Waals surface area contributed by atoms with Crippen LogP contribution in [0.15, 0.2) is 53.5 Å². The number of aliphatic imine (C=N–C) groups is 1. The summed E-state index contributed by atoms with van der Waals surface area (Å²) in [7, 11) is 0. The number of halogens is 2. The summed E-state index contributed by atoms with van der Waals surface area (Å²) in [5, 5.41) is 0.623. The van der Waals surface area contributed by atoms with Gasteiger partial charge in [0.2, 0.25) is 0 Å². The summed E-state index contributed by atoms with van der Waals surface area (Å²) in [6.45, 7) is 1.06. The highest BCUT2D eigenvalue weighted by atomic mass is 32.2. The summed E-state index contributed by atoms with van der Waals surface area (Å²) in [4.78, 5) is 19.4. The Bertz CT molecular complexity index is 857. The van der Waals surface area contributed by atoms with Crippen molar-refractivity contribution in [1.82, 2.24) is 4.90 Å². The summed E-state index contributed by atoms with van der Waals surface area (Å²) in [5.41, 5.74) is 2.16. The van der Waals surface area contributed by atoms with Gasteiger partial charge in [-0.3, -0.25) is 9.69 Å². The van der Waals surface area contributed by atoms with E-state index in [-0.39, 0.29) is 17.7 Å². The lowest BCUT2D eigenvalue weighted by molar-refractivity contribution is -0.0499. The first-order valence-electron chi connectivity index (χ1n) is 8.64. The van der Waals surface area contributed by atoms with Gasteiger partial charge in [0.1, 0.15) is 5.75 Å². The van der Waals surface area contributed by atoms with Crippen molar-refractivity contribution in [3.05, 3.63) is 59.7 Å². The number of alkyl halides is 2. The van der Waals surface area contributed by atoms with Gasteiger partial charge in [0, 0.05) is 17.4 Å². The van der Waals surface area contributed by atoms with Crippen LogP contribution in [0.25, 0.3) is 0 Å². The molecule has 7 heteroatoms. The van der Waals surface area contributed by atoms with Gasteiger partial charge < -0.3 is 4.74 Å². The van der Waals surface area contributed by atoms with Gasteiger partial charge in [-0.15, -0.1) is 0 Å². The van der Waals surface area contributed by atoms with Gasteiger partial charge >= 0.3 is 6.61 Å². The summed E-state index contributed by atoms with van der Waals surface area (Å²) in [6.07, 6.45) is 0.777. The zero-order chi connectivity index (χ0) is 19.4. The van der Waals surface area contributed by atoms with E-state index in [0.717, 1.165) is 23.4 Å². The molecule has 0 unspecified atom stereocenters. The van der Waals surface area contributed by atoms with E-state index in [2.05, 4.69) is 9.73 Å². The minimum Gasteiger partial charge on any atom is -0.435 e. The zero-order valence-corrected chi connectivity index (χ0v) is 15.9. The van der Waals surface area contributed by atoms with Crippen LogP contribution in [0, 0.1) is 6.92 Å².